The molecule has 0 aliphatic carbocycles. The van der Waals surface area contributed by atoms with Crippen molar-refractivity contribution in [1.82, 2.24) is 9.21 Å². The van der Waals surface area contributed by atoms with Crippen molar-refractivity contribution in [2.75, 3.05) is 33.3 Å². The number of hydrogen-bond acceptors (Lipinski definition) is 4. The predicted molar refractivity (Wildman–Crippen MR) is 85.1 cm³/mol. The number of hydrogen-bond donors (Lipinski definition) is 0. The maximum Gasteiger partial charge on any atom is 0.243 e. The fraction of sp³-hybridized carbons (Fsp3) is 0.625. The van der Waals surface area contributed by atoms with Crippen molar-refractivity contribution in [3.63, 3.8) is 0 Å². The first kappa shape index (κ1) is 15.9. The Balaban J connectivity index is 1.91. The molecule has 122 valence electrons. The van der Waals surface area contributed by atoms with Crippen molar-refractivity contribution >= 4 is 10.0 Å². The molecular formula is C16H24N2O3S. The molecule has 0 radical (unpaired) electrons. The molecule has 3 atom stereocenters. The lowest BCUT2D eigenvalue weighted by molar-refractivity contribution is 0.00239. The number of rotatable bonds is 4. The molecule has 2 saturated heterocycles. The van der Waals surface area contributed by atoms with E-state index in [1.807, 2.05) is 6.07 Å². The number of benzene rings is 1. The minimum absolute atomic E-state index is 0.0175. The summed E-state index contributed by atoms with van der Waals surface area (Å²) in [6.45, 7) is 5.32. The van der Waals surface area contributed by atoms with E-state index in [4.69, 9.17) is 4.74 Å². The van der Waals surface area contributed by atoms with Gasteiger partial charge in [0.15, 0.2) is 0 Å². The number of nitrogens with zero attached hydrogens (tertiary/aromatic N) is 2. The molecule has 0 amide bonds. The molecular weight excluding hydrogens is 300 g/mol. The zero-order chi connectivity index (χ0) is 15.7. The summed E-state index contributed by atoms with van der Waals surface area (Å²) in [4.78, 5) is 2.71. The third kappa shape index (κ3) is 2.69. The smallest absolute Gasteiger partial charge is 0.243 e. The van der Waals surface area contributed by atoms with Crippen molar-refractivity contribution in [2.24, 2.45) is 5.92 Å². The van der Waals surface area contributed by atoms with Gasteiger partial charge in [0.05, 0.1) is 11.0 Å². The molecule has 2 aliphatic heterocycles. The predicted octanol–water partition coefficient (Wildman–Crippen LogP) is 1.42. The first-order valence-corrected chi connectivity index (χ1v) is 9.34. The summed E-state index contributed by atoms with van der Waals surface area (Å²) >= 11 is 0. The van der Waals surface area contributed by atoms with Crippen LogP contribution in [0.4, 0.5) is 0 Å². The van der Waals surface area contributed by atoms with Gasteiger partial charge in [-0.2, -0.15) is 4.31 Å². The monoisotopic (exact) mass is 324 g/mol. The number of likely N-dealkylation sites (tertiary alicyclic amines) is 1. The highest BCUT2D eigenvalue weighted by Gasteiger charge is 2.48. The van der Waals surface area contributed by atoms with E-state index in [2.05, 4.69) is 11.8 Å². The standard InChI is InChI=1S/C16H24N2O3S/c1-3-17-11-14-15(12-17)18(10-9-16(14)21-2)22(19,20)13-7-5-4-6-8-13/h4-8,14-16H,3,9-12H2,1-2H3/t14-,15+,16-/m0/s1. The number of fused-ring (bicyclic) bond motifs is 1. The van der Waals surface area contributed by atoms with E-state index in [0.717, 1.165) is 26.1 Å². The largest absolute Gasteiger partial charge is 0.381 e. The molecule has 5 nitrogen and oxygen atoms in total. The van der Waals surface area contributed by atoms with Crippen molar-refractivity contribution in [2.45, 2.75) is 30.4 Å². The van der Waals surface area contributed by atoms with Crippen molar-refractivity contribution < 1.29 is 13.2 Å². The van der Waals surface area contributed by atoms with Gasteiger partial charge < -0.3 is 9.64 Å². The van der Waals surface area contributed by atoms with Crippen LogP contribution in [-0.2, 0) is 14.8 Å². The van der Waals surface area contributed by atoms with Gasteiger partial charge in [0.25, 0.3) is 0 Å². The third-order valence-corrected chi connectivity index (χ3v) is 6.93. The average molecular weight is 324 g/mol. The van der Waals surface area contributed by atoms with E-state index in [1.165, 1.54) is 0 Å². The normalized spacial score (nSPS) is 30.4. The summed E-state index contributed by atoms with van der Waals surface area (Å²) in [5.41, 5.74) is 0. The lowest BCUT2D eigenvalue weighted by Crippen LogP contribution is -2.53. The van der Waals surface area contributed by atoms with Crippen LogP contribution in [-0.4, -0.2) is 63.1 Å². The van der Waals surface area contributed by atoms with Gasteiger partial charge in [-0.05, 0) is 25.1 Å². The maximum atomic E-state index is 13.0. The van der Waals surface area contributed by atoms with E-state index in [0.29, 0.717) is 11.4 Å². The zero-order valence-electron chi connectivity index (χ0n) is 13.2. The van der Waals surface area contributed by atoms with Crippen LogP contribution >= 0.6 is 0 Å². The van der Waals surface area contributed by atoms with Gasteiger partial charge in [-0.3, -0.25) is 0 Å². The summed E-state index contributed by atoms with van der Waals surface area (Å²) in [5, 5.41) is 0. The van der Waals surface area contributed by atoms with Gasteiger partial charge >= 0.3 is 0 Å². The molecule has 3 rings (SSSR count). The summed E-state index contributed by atoms with van der Waals surface area (Å²) in [6.07, 6.45) is 0.921. The Morgan fingerprint density at radius 3 is 2.59 bits per heavy atom. The first-order chi connectivity index (χ1) is 10.6. The molecule has 0 unspecified atom stereocenters. The number of sulfonamides is 1. The van der Waals surface area contributed by atoms with Gasteiger partial charge in [0, 0.05) is 38.7 Å². The molecule has 2 fully saturated rings. The van der Waals surface area contributed by atoms with Crippen molar-refractivity contribution in [1.29, 1.82) is 0 Å². The molecule has 0 N–H and O–H groups in total. The van der Waals surface area contributed by atoms with Crippen LogP contribution in [0.5, 0.6) is 0 Å². The second-order valence-electron chi connectivity index (χ2n) is 6.08. The first-order valence-electron chi connectivity index (χ1n) is 7.90. The Morgan fingerprint density at radius 1 is 1.23 bits per heavy atom. The lowest BCUT2D eigenvalue weighted by Gasteiger charge is -2.40. The second-order valence-corrected chi connectivity index (χ2v) is 7.97. The van der Waals surface area contributed by atoms with E-state index in [9.17, 15) is 8.42 Å². The number of ether oxygens (including phenoxy) is 1. The fourth-order valence-electron chi connectivity index (χ4n) is 3.78. The number of likely N-dealkylation sites (N-methyl/N-ethyl adjacent to an activating group) is 1. The Bertz CT molecular complexity index is 605. The van der Waals surface area contributed by atoms with Crippen LogP contribution in [0.1, 0.15) is 13.3 Å². The second kappa shape index (κ2) is 6.28. The molecule has 0 bridgehead atoms. The molecule has 0 spiro atoms. The molecule has 0 saturated carbocycles. The van der Waals surface area contributed by atoms with Gasteiger partial charge in [-0.25, -0.2) is 8.42 Å². The molecule has 22 heavy (non-hydrogen) atoms. The summed E-state index contributed by atoms with van der Waals surface area (Å²) < 4.78 is 33.3. The SMILES string of the molecule is CCN1C[C@@H]2[C@@H](OC)CCN(S(=O)(=O)c3ccccc3)[C@@H]2C1. The molecule has 1 aromatic carbocycles. The van der Waals surface area contributed by atoms with Gasteiger partial charge in [0.1, 0.15) is 0 Å². The fourth-order valence-corrected chi connectivity index (χ4v) is 5.47. The Hall–Kier alpha value is -0.950. The Morgan fingerprint density at radius 2 is 1.95 bits per heavy atom. The summed E-state index contributed by atoms with van der Waals surface area (Å²) in [6, 6.07) is 8.77. The Labute approximate surface area is 132 Å². The van der Waals surface area contributed by atoms with Crippen LogP contribution < -0.4 is 0 Å². The third-order valence-electron chi connectivity index (χ3n) is 4.99. The van der Waals surface area contributed by atoms with E-state index < -0.39 is 10.0 Å². The average Bonchev–Trinajstić information content (AvgIpc) is 2.98. The van der Waals surface area contributed by atoms with Gasteiger partial charge in [-0.1, -0.05) is 25.1 Å². The topological polar surface area (TPSA) is 49.9 Å². The maximum absolute atomic E-state index is 13.0. The minimum Gasteiger partial charge on any atom is -0.381 e. The van der Waals surface area contributed by atoms with Gasteiger partial charge in [-0.15, -0.1) is 0 Å². The highest BCUT2D eigenvalue weighted by molar-refractivity contribution is 7.89. The van der Waals surface area contributed by atoms with Crippen LogP contribution in [0.3, 0.4) is 0 Å². The molecule has 6 heteroatoms. The van der Waals surface area contributed by atoms with Crippen LogP contribution in [0, 0.1) is 5.92 Å². The number of piperidine rings is 1. The summed E-state index contributed by atoms with van der Waals surface area (Å²) in [5.74, 6) is 0.261. The highest BCUT2D eigenvalue weighted by Crippen LogP contribution is 2.35. The molecule has 1 aromatic rings. The van der Waals surface area contributed by atoms with Crippen LogP contribution in [0.25, 0.3) is 0 Å². The molecule has 0 aromatic heterocycles. The highest BCUT2D eigenvalue weighted by atomic mass is 32.2. The quantitative estimate of drug-likeness (QED) is 0.840. The van der Waals surface area contributed by atoms with Gasteiger partial charge in [0.2, 0.25) is 10.0 Å². The lowest BCUT2D eigenvalue weighted by atomic mass is 9.91. The zero-order valence-corrected chi connectivity index (χ0v) is 14.0. The van der Waals surface area contributed by atoms with E-state index >= 15 is 0 Å². The molecule has 2 heterocycles. The van der Waals surface area contributed by atoms with Crippen LogP contribution in [0.2, 0.25) is 0 Å². The van der Waals surface area contributed by atoms with Crippen molar-refractivity contribution in [3.05, 3.63) is 30.3 Å². The summed E-state index contributed by atoms with van der Waals surface area (Å²) in [7, 11) is -1.69. The minimum atomic E-state index is -3.43. The molecule has 2 aliphatic rings. The number of methoxy groups -OCH3 is 1. The van der Waals surface area contributed by atoms with Crippen LogP contribution in [0.15, 0.2) is 35.2 Å². The Kier molecular flexibility index (Phi) is 4.54. The van der Waals surface area contributed by atoms with E-state index in [1.54, 1.807) is 35.7 Å². The van der Waals surface area contributed by atoms with E-state index in [-0.39, 0.29) is 18.1 Å². The van der Waals surface area contributed by atoms with Crippen molar-refractivity contribution in [3.8, 4) is 0 Å².